The average molecular weight is 311 g/mol. The van der Waals surface area contributed by atoms with Crippen LogP contribution in [0.1, 0.15) is 26.7 Å². The smallest absolute Gasteiger partial charge is 0.326 e. The Morgan fingerprint density at radius 1 is 1.33 bits per heavy atom. The lowest BCUT2D eigenvalue weighted by atomic mass is 9.90. The number of benzene rings is 1. The topological polar surface area (TPSA) is 74.7 Å². The van der Waals surface area contributed by atoms with Crippen molar-refractivity contribution >= 4 is 21.5 Å². The quantitative estimate of drug-likeness (QED) is 0.922. The van der Waals surface area contributed by atoms with Crippen LogP contribution in [0.2, 0.25) is 0 Å². The minimum Gasteiger partial charge on any atom is -0.480 e. The van der Waals surface area contributed by atoms with Crippen molar-refractivity contribution in [2.24, 2.45) is 5.92 Å². The van der Waals surface area contributed by atoms with Crippen LogP contribution >= 0.6 is 0 Å². The van der Waals surface area contributed by atoms with Crippen molar-refractivity contribution < 1.29 is 18.3 Å². The lowest BCUT2D eigenvalue weighted by molar-refractivity contribution is -0.140. The SMILES string of the molecule is CCS(=O)(=O)c1ccc(N2CCCC(C)C2C(=O)O)cc1. The van der Waals surface area contributed by atoms with Gasteiger partial charge >= 0.3 is 5.97 Å². The number of hydrogen-bond donors (Lipinski definition) is 1. The summed E-state index contributed by atoms with van der Waals surface area (Å²) >= 11 is 0. The van der Waals surface area contributed by atoms with Crippen LogP contribution in [-0.2, 0) is 14.6 Å². The molecular weight excluding hydrogens is 290 g/mol. The van der Waals surface area contributed by atoms with E-state index < -0.39 is 21.8 Å². The van der Waals surface area contributed by atoms with Crippen molar-refractivity contribution in [3.8, 4) is 0 Å². The van der Waals surface area contributed by atoms with Gasteiger partial charge in [0.15, 0.2) is 9.84 Å². The second-order valence-corrected chi connectivity index (χ2v) is 7.77. The molecule has 0 bridgehead atoms. The third-order valence-electron chi connectivity index (χ3n) is 4.09. The monoisotopic (exact) mass is 311 g/mol. The van der Waals surface area contributed by atoms with Gasteiger partial charge in [0.2, 0.25) is 0 Å². The largest absolute Gasteiger partial charge is 0.480 e. The average Bonchev–Trinajstić information content (AvgIpc) is 2.46. The van der Waals surface area contributed by atoms with Crippen molar-refractivity contribution in [1.29, 1.82) is 0 Å². The van der Waals surface area contributed by atoms with E-state index in [-0.39, 0.29) is 16.6 Å². The van der Waals surface area contributed by atoms with E-state index in [4.69, 9.17) is 0 Å². The van der Waals surface area contributed by atoms with Gasteiger partial charge in [0, 0.05) is 12.2 Å². The predicted octanol–water partition coefficient (Wildman–Crippen LogP) is 2.17. The van der Waals surface area contributed by atoms with E-state index in [9.17, 15) is 18.3 Å². The van der Waals surface area contributed by atoms with Gasteiger partial charge in [-0.3, -0.25) is 0 Å². The number of rotatable bonds is 4. The summed E-state index contributed by atoms with van der Waals surface area (Å²) in [5.74, 6) is -0.687. The number of anilines is 1. The molecule has 1 fully saturated rings. The number of hydrogen-bond acceptors (Lipinski definition) is 4. The van der Waals surface area contributed by atoms with E-state index in [0.29, 0.717) is 6.54 Å². The number of aliphatic carboxylic acids is 1. The van der Waals surface area contributed by atoms with Gasteiger partial charge in [-0.25, -0.2) is 13.2 Å². The highest BCUT2D eigenvalue weighted by atomic mass is 32.2. The number of carboxylic acids is 1. The summed E-state index contributed by atoms with van der Waals surface area (Å²) in [7, 11) is -3.22. The molecule has 2 rings (SSSR count). The molecule has 1 aliphatic rings. The number of carboxylic acid groups (broad SMARTS) is 1. The number of piperidine rings is 1. The normalized spacial score (nSPS) is 23.0. The van der Waals surface area contributed by atoms with Crippen molar-refractivity contribution in [2.45, 2.75) is 37.6 Å². The van der Waals surface area contributed by atoms with E-state index >= 15 is 0 Å². The molecule has 1 aromatic carbocycles. The Labute approximate surface area is 125 Å². The van der Waals surface area contributed by atoms with E-state index in [0.717, 1.165) is 18.5 Å². The van der Waals surface area contributed by atoms with E-state index in [1.54, 1.807) is 31.2 Å². The van der Waals surface area contributed by atoms with Gasteiger partial charge in [0.25, 0.3) is 0 Å². The van der Waals surface area contributed by atoms with Crippen LogP contribution in [-0.4, -0.2) is 37.8 Å². The van der Waals surface area contributed by atoms with Gasteiger partial charge in [-0.2, -0.15) is 0 Å². The highest BCUT2D eigenvalue weighted by Gasteiger charge is 2.34. The molecule has 116 valence electrons. The molecule has 0 aliphatic carbocycles. The second-order valence-electron chi connectivity index (χ2n) is 5.49. The van der Waals surface area contributed by atoms with Crippen molar-refractivity contribution in [1.82, 2.24) is 0 Å². The first-order chi connectivity index (χ1) is 9.86. The van der Waals surface area contributed by atoms with Gasteiger partial charge in [-0.1, -0.05) is 13.8 Å². The molecule has 0 saturated carbocycles. The number of carbonyl (C=O) groups is 1. The molecule has 6 heteroatoms. The molecule has 21 heavy (non-hydrogen) atoms. The summed E-state index contributed by atoms with van der Waals surface area (Å²) in [4.78, 5) is 13.6. The molecule has 1 aliphatic heterocycles. The zero-order valence-corrected chi connectivity index (χ0v) is 13.1. The van der Waals surface area contributed by atoms with Crippen LogP contribution in [0.3, 0.4) is 0 Å². The van der Waals surface area contributed by atoms with E-state index in [2.05, 4.69) is 0 Å². The fourth-order valence-corrected chi connectivity index (χ4v) is 3.75. The molecule has 2 atom stereocenters. The lowest BCUT2D eigenvalue weighted by Gasteiger charge is -2.39. The first-order valence-corrected chi connectivity index (χ1v) is 8.84. The number of nitrogens with zero attached hydrogens (tertiary/aromatic N) is 1. The minimum absolute atomic E-state index is 0.0604. The number of sulfone groups is 1. The molecule has 1 N–H and O–H groups in total. The third kappa shape index (κ3) is 3.20. The Kier molecular flexibility index (Phi) is 4.56. The summed E-state index contributed by atoms with van der Waals surface area (Å²) in [6.07, 6.45) is 1.84. The van der Waals surface area contributed by atoms with Crippen LogP contribution in [0.15, 0.2) is 29.2 Å². The van der Waals surface area contributed by atoms with Gasteiger partial charge < -0.3 is 10.0 Å². The summed E-state index contributed by atoms with van der Waals surface area (Å²) in [5, 5.41) is 9.42. The molecule has 1 saturated heterocycles. The van der Waals surface area contributed by atoms with E-state index in [1.807, 2.05) is 11.8 Å². The zero-order chi connectivity index (χ0) is 15.6. The summed E-state index contributed by atoms with van der Waals surface area (Å²) in [6.45, 7) is 4.23. The summed E-state index contributed by atoms with van der Waals surface area (Å²) in [6, 6.07) is 5.98. The van der Waals surface area contributed by atoms with Gasteiger partial charge in [-0.15, -0.1) is 0 Å². The summed E-state index contributed by atoms with van der Waals surface area (Å²) in [5.41, 5.74) is 0.768. The van der Waals surface area contributed by atoms with Crippen LogP contribution < -0.4 is 4.90 Å². The maximum Gasteiger partial charge on any atom is 0.326 e. The maximum absolute atomic E-state index is 11.8. The molecule has 2 unspecified atom stereocenters. The Hall–Kier alpha value is -1.56. The Morgan fingerprint density at radius 3 is 2.48 bits per heavy atom. The molecule has 1 aromatic rings. The lowest BCUT2D eigenvalue weighted by Crippen LogP contribution is -2.49. The molecule has 0 aromatic heterocycles. The molecule has 1 heterocycles. The van der Waals surface area contributed by atoms with E-state index in [1.165, 1.54) is 0 Å². The standard InChI is InChI=1S/C15H21NO4S/c1-3-21(19,20)13-8-6-12(7-9-13)16-10-4-5-11(2)14(16)15(17)18/h6-9,11,14H,3-5,10H2,1-2H3,(H,17,18). The zero-order valence-electron chi connectivity index (χ0n) is 12.3. The first-order valence-electron chi connectivity index (χ1n) is 7.19. The fourth-order valence-electron chi connectivity index (χ4n) is 2.87. The molecular formula is C15H21NO4S. The van der Waals surface area contributed by atoms with Crippen LogP contribution in [0.5, 0.6) is 0 Å². The van der Waals surface area contributed by atoms with Crippen molar-refractivity contribution in [2.75, 3.05) is 17.2 Å². The summed E-state index contributed by atoms with van der Waals surface area (Å²) < 4.78 is 23.6. The molecule has 0 radical (unpaired) electrons. The van der Waals surface area contributed by atoms with Gasteiger partial charge in [-0.05, 0) is 43.0 Å². The second kappa shape index (κ2) is 6.05. The highest BCUT2D eigenvalue weighted by Crippen LogP contribution is 2.29. The molecule has 0 spiro atoms. The Bertz CT molecular complexity index is 609. The minimum atomic E-state index is -3.22. The van der Waals surface area contributed by atoms with Crippen molar-refractivity contribution in [3.63, 3.8) is 0 Å². The Balaban J connectivity index is 2.31. The predicted molar refractivity (Wildman–Crippen MR) is 81.3 cm³/mol. The highest BCUT2D eigenvalue weighted by molar-refractivity contribution is 7.91. The van der Waals surface area contributed by atoms with Gasteiger partial charge in [0.05, 0.1) is 10.6 Å². The van der Waals surface area contributed by atoms with Crippen LogP contribution in [0.4, 0.5) is 5.69 Å². The van der Waals surface area contributed by atoms with Crippen molar-refractivity contribution in [3.05, 3.63) is 24.3 Å². The first kappa shape index (κ1) is 15.8. The third-order valence-corrected chi connectivity index (χ3v) is 5.84. The van der Waals surface area contributed by atoms with Gasteiger partial charge in [0.1, 0.15) is 6.04 Å². The maximum atomic E-state index is 11.8. The molecule has 5 nitrogen and oxygen atoms in total. The molecule has 0 amide bonds. The fraction of sp³-hybridized carbons (Fsp3) is 0.533. The Morgan fingerprint density at radius 2 is 1.95 bits per heavy atom. The van der Waals surface area contributed by atoms with Crippen LogP contribution in [0.25, 0.3) is 0 Å². The van der Waals surface area contributed by atoms with Crippen LogP contribution in [0, 0.1) is 5.92 Å².